The molecule has 0 fully saturated rings. The Balaban J connectivity index is 1.82. The van der Waals surface area contributed by atoms with E-state index < -0.39 is 11.8 Å². The first-order valence-electron chi connectivity index (χ1n) is 5.57. The van der Waals surface area contributed by atoms with Gasteiger partial charge in [-0.15, -0.1) is 0 Å². The number of amides is 1. The Hall–Kier alpha value is -2.14. The number of aliphatic hydroxyl groups is 1. The maximum atomic E-state index is 11.5. The van der Waals surface area contributed by atoms with Crippen LogP contribution in [0.4, 0.5) is 4.79 Å². The molecule has 94 valence electrons. The highest BCUT2D eigenvalue weighted by atomic mass is 16.6. The number of benzene rings is 1. The number of carbonyl (C=O) groups excluding carboxylic acids is 1. The van der Waals surface area contributed by atoms with Gasteiger partial charge in [-0.3, -0.25) is 10.3 Å². The number of hydrogen-bond donors (Lipinski definition) is 2. The summed E-state index contributed by atoms with van der Waals surface area (Å²) in [4.78, 5) is 15.4. The summed E-state index contributed by atoms with van der Waals surface area (Å²) in [5, 5.41) is 12.3. The van der Waals surface area contributed by atoms with E-state index in [1.165, 1.54) is 6.08 Å². The van der Waals surface area contributed by atoms with Crippen LogP contribution < -0.4 is 5.32 Å². The molecule has 1 amide bonds. The molecule has 0 saturated heterocycles. The summed E-state index contributed by atoms with van der Waals surface area (Å²) in [5.41, 5.74) is -0.570. The zero-order valence-corrected chi connectivity index (χ0v) is 9.74. The van der Waals surface area contributed by atoms with Crippen molar-refractivity contribution in [2.75, 3.05) is 6.54 Å². The fourth-order valence-electron chi connectivity index (χ4n) is 1.52. The van der Waals surface area contributed by atoms with Crippen LogP contribution in [0.2, 0.25) is 0 Å². The molecule has 0 saturated carbocycles. The molecule has 1 aliphatic rings. The molecule has 18 heavy (non-hydrogen) atoms. The Morgan fingerprint density at radius 3 is 2.89 bits per heavy atom. The average Bonchev–Trinajstić information content (AvgIpc) is 2.38. The summed E-state index contributed by atoms with van der Waals surface area (Å²) in [6.45, 7) is 0.250. The third-order valence-electron chi connectivity index (χ3n) is 2.43. The van der Waals surface area contributed by atoms with E-state index in [1.54, 1.807) is 12.3 Å². The van der Waals surface area contributed by atoms with Crippen LogP contribution in [-0.2, 0) is 11.3 Å². The van der Waals surface area contributed by atoms with E-state index in [2.05, 4.69) is 10.3 Å². The van der Waals surface area contributed by atoms with E-state index in [0.29, 0.717) is 0 Å². The van der Waals surface area contributed by atoms with Gasteiger partial charge in [0, 0.05) is 6.21 Å². The summed E-state index contributed by atoms with van der Waals surface area (Å²) in [7, 11) is 0. The molecule has 0 radical (unpaired) electrons. The average molecular weight is 246 g/mol. The number of carbonyl (C=O) groups is 1. The molecule has 1 atom stereocenters. The first-order chi connectivity index (χ1) is 8.68. The normalized spacial score (nSPS) is 21.6. The van der Waals surface area contributed by atoms with Gasteiger partial charge in [0.1, 0.15) is 6.61 Å². The van der Waals surface area contributed by atoms with Crippen molar-refractivity contribution in [2.45, 2.75) is 12.3 Å². The number of dihydropyridines is 1. The Morgan fingerprint density at radius 1 is 1.44 bits per heavy atom. The van der Waals surface area contributed by atoms with Gasteiger partial charge in [0.05, 0.1) is 6.54 Å². The van der Waals surface area contributed by atoms with E-state index in [1.807, 2.05) is 30.3 Å². The maximum Gasteiger partial charge on any atom is 0.410 e. The van der Waals surface area contributed by atoms with Gasteiger partial charge in [-0.05, 0) is 17.7 Å². The monoisotopic (exact) mass is 246 g/mol. The quantitative estimate of drug-likeness (QED) is 0.788. The maximum absolute atomic E-state index is 11.5. The van der Waals surface area contributed by atoms with Crippen LogP contribution in [0.25, 0.3) is 0 Å². The largest absolute Gasteiger partial charge is 0.445 e. The minimum atomic E-state index is -1.46. The summed E-state index contributed by atoms with van der Waals surface area (Å²) < 4.78 is 5.00. The van der Waals surface area contributed by atoms with Crippen molar-refractivity contribution in [2.24, 2.45) is 4.99 Å². The standard InChI is InChI=1S/C13H14N2O3/c16-12(15-13(17)7-4-8-14-10-13)18-9-11-5-2-1-3-6-11/h1-8,17H,9-10H2,(H,15,16). The lowest BCUT2D eigenvalue weighted by Gasteiger charge is -2.24. The fraction of sp³-hybridized carbons (Fsp3) is 0.231. The minimum absolute atomic E-state index is 0.0872. The van der Waals surface area contributed by atoms with Crippen LogP contribution in [0.3, 0.4) is 0 Å². The molecule has 0 spiro atoms. The van der Waals surface area contributed by atoms with Crippen molar-refractivity contribution in [1.82, 2.24) is 5.32 Å². The number of alkyl carbamates (subject to hydrolysis) is 1. The molecule has 2 rings (SSSR count). The molecule has 1 aliphatic heterocycles. The highest BCUT2D eigenvalue weighted by Crippen LogP contribution is 2.07. The summed E-state index contributed by atoms with van der Waals surface area (Å²) >= 11 is 0. The topological polar surface area (TPSA) is 70.9 Å². The van der Waals surface area contributed by atoms with Crippen LogP contribution in [0.5, 0.6) is 0 Å². The Labute approximate surface area is 105 Å². The molecule has 0 bridgehead atoms. The molecule has 1 aromatic rings. The number of rotatable bonds is 3. The van der Waals surface area contributed by atoms with Crippen molar-refractivity contribution in [3.63, 3.8) is 0 Å². The molecule has 2 N–H and O–H groups in total. The molecule has 1 heterocycles. The van der Waals surface area contributed by atoms with Gasteiger partial charge in [0.15, 0.2) is 5.72 Å². The lowest BCUT2D eigenvalue weighted by Crippen LogP contribution is -2.50. The van der Waals surface area contributed by atoms with Gasteiger partial charge < -0.3 is 9.84 Å². The first-order valence-corrected chi connectivity index (χ1v) is 5.57. The highest BCUT2D eigenvalue weighted by Gasteiger charge is 2.27. The highest BCUT2D eigenvalue weighted by molar-refractivity contribution is 5.74. The van der Waals surface area contributed by atoms with Crippen LogP contribution in [0.15, 0.2) is 47.5 Å². The van der Waals surface area contributed by atoms with Gasteiger partial charge in [0.2, 0.25) is 0 Å². The van der Waals surface area contributed by atoms with E-state index in [9.17, 15) is 9.90 Å². The van der Waals surface area contributed by atoms with Gasteiger partial charge in [0.25, 0.3) is 0 Å². The third-order valence-corrected chi connectivity index (χ3v) is 2.43. The number of aliphatic imine (C=N–C) groups is 1. The number of nitrogens with zero attached hydrogens (tertiary/aromatic N) is 1. The predicted octanol–water partition coefficient (Wildman–Crippen LogP) is 1.24. The Morgan fingerprint density at radius 2 is 2.22 bits per heavy atom. The fourth-order valence-corrected chi connectivity index (χ4v) is 1.52. The lowest BCUT2D eigenvalue weighted by atomic mass is 10.2. The Kier molecular flexibility index (Phi) is 3.74. The van der Waals surface area contributed by atoms with Gasteiger partial charge in [-0.2, -0.15) is 0 Å². The van der Waals surface area contributed by atoms with Crippen LogP contribution >= 0.6 is 0 Å². The summed E-state index contributed by atoms with van der Waals surface area (Å²) in [5.74, 6) is 0. The second-order valence-electron chi connectivity index (χ2n) is 3.96. The second-order valence-corrected chi connectivity index (χ2v) is 3.96. The van der Waals surface area contributed by atoms with E-state index in [0.717, 1.165) is 5.56 Å². The molecule has 5 nitrogen and oxygen atoms in total. The molecule has 1 unspecified atom stereocenters. The van der Waals surface area contributed by atoms with Crippen molar-refractivity contribution < 1.29 is 14.6 Å². The molecule has 0 aliphatic carbocycles. The van der Waals surface area contributed by atoms with Gasteiger partial charge >= 0.3 is 6.09 Å². The van der Waals surface area contributed by atoms with E-state index in [-0.39, 0.29) is 13.2 Å². The van der Waals surface area contributed by atoms with Crippen molar-refractivity contribution in [3.05, 3.63) is 48.0 Å². The van der Waals surface area contributed by atoms with E-state index >= 15 is 0 Å². The number of hydrogen-bond acceptors (Lipinski definition) is 4. The van der Waals surface area contributed by atoms with Crippen molar-refractivity contribution in [1.29, 1.82) is 0 Å². The van der Waals surface area contributed by atoms with Crippen LogP contribution in [0.1, 0.15) is 5.56 Å². The Bertz CT molecular complexity index is 470. The molecule has 0 aromatic heterocycles. The SMILES string of the molecule is O=C(NC1(O)C=CC=NC1)OCc1ccccc1. The van der Waals surface area contributed by atoms with Crippen molar-refractivity contribution in [3.8, 4) is 0 Å². The van der Waals surface area contributed by atoms with E-state index in [4.69, 9.17) is 4.74 Å². The molecular formula is C13H14N2O3. The third kappa shape index (κ3) is 3.43. The predicted molar refractivity (Wildman–Crippen MR) is 67.2 cm³/mol. The smallest absolute Gasteiger partial charge is 0.410 e. The molecular weight excluding hydrogens is 232 g/mol. The number of nitrogens with one attached hydrogen (secondary N) is 1. The molecule has 5 heteroatoms. The number of ether oxygens (including phenoxy) is 1. The first kappa shape index (κ1) is 12.3. The lowest BCUT2D eigenvalue weighted by molar-refractivity contribution is 0.0494. The number of allylic oxidation sites excluding steroid dienone is 1. The van der Waals surface area contributed by atoms with Crippen LogP contribution in [0, 0.1) is 0 Å². The summed E-state index contributed by atoms with van der Waals surface area (Å²) in [6.07, 6.45) is 3.92. The minimum Gasteiger partial charge on any atom is -0.445 e. The van der Waals surface area contributed by atoms with Crippen LogP contribution in [-0.4, -0.2) is 29.7 Å². The second kappa shape index (κ2) is 5.46. The van der Waals surface area contributed by atoms with Gasteiger partial charge in [-0.1, -0.05) is 30.3 Å². The summed E-state index contributed by atoms with van der Waals surface area (Å²) in [6, 6.07) is 9.32. The molecule has 1 aromatic carbocycles. The zero-order valence-electron chi connectivity index (χ0n) is 9.74. The van der Waals surface area contributed by atoms with Crippen molar-refractivity contribution >= 4 is 12.3 Å². The van der Waals surface area contributed by atoms with Gasteiger partial charge in [-0.25, -0.2) is 4.79 Å². The zero-order chi connectivity index (χ0) is 12.8.